The molecule has 382 valence electrons. The number of ether oxygens (including phenoxy) is 6. The summed E-state index contributed by atoms with van der Waals surface area (Å²) in [4.78, 5) is 86.3. The lowest BCUT2D eigenvalue weighted by molar-refractivity contribution is -0.122. The third-order valence-electron chi connectivity index (χ3n) is 13.8. The summed E-state index contributed by atoms with van der Waals surface area (Å²) >= 11 is 0. The maximum atomic E-state index is 12.9. The molecule has 19 heteroatoms. The van der Waals surface area contributed by atoms with Gasteiger partial charge in [0.15, 0.2) is 11.6 Å². The number of methoxy groups -OCH3 is 3. The van der Waals surface area contributed by atoms with E-state index in [1.807, 2.05) is 42.5 Å². The first kappa shape index (κ1) is 50.5. The van der Waals surface area contributed by atoms with Crippen molar-refractivity contribution >= 4 is 56.8 Å². The van der Waals surface area contributed by atoms with E-state index in [1.54, 1.807) is 66.0 Å². The predicted octanol–water partition coefficient (Wildman–Crippen LogP) is 4.83. The fourth-order valence-electron chi connectivity index (χ4n) is 9.98. The minimum absolute atomic E-state index is 0.0220. The fraction of sp³-hybridized carbons (Fsp3) is 0.407. The Morgan fingerprint density at radius 3 is 1.62 bits per heavy atom. The average molecular weight is 999 g/mol. The number of aliphatic hydroxyl groups is 1. The van der Waals surface area contributed by atoms with Gasteiger partial charge in [-0.25, -0.2) is 9.97 Å². The number of rotatable bonds is 17. The highest BCUT2D eigenvalue weighted by Gasteiger charge is 2.34. The Labute approximate surface area is 420 Å². The molecular weight excluding hydrogens is 941 g/mol. The summed E-state index contributed by atoms with van der Waals surface area (Å²) in [5.41, 5.74) is 5.25. The summed E-state index contributed by atoms with van der Waals surface area (Å²) in [5, 5.41) is 10.7. The number of Topliss-reactive ketones (excluding diaryl/α,β-unsaturated/α-hetero) is 2. The minimum atomic E-state index is -0.749. The molecular formula is C54H58N6O13. The SMILES string of the molecule is COCOC(CCC1CC(=O)N(c2ccc3c(c2)CC(=O)CO3)C1)Cn1c(=O)cnc2ccc(OC)cc21.COc1ccc2ncc(=O)n(CC(O)CCC3CC(=O)N(c4ccc5c(c4)CC(=O)CO5)C3)c2c1. The zero-order valence-corrected chi connectivity index (χ0v) is 41.0. The zero-order chi connectivity index (χ0) is 51.2. The number of fused-ring (bicyclic) bond motifs is 4. The monoisotopic (exact) mass is 998 g/mol. The molecule has 6 aromatic rings. The first-order chi connectivity index (χ1) is 35.4. The van der Waals surface area contributed by atoms with Gasteiger partial charge in [-0.1, -0.05) is 0 Å². The van der Waals surface area contributed by atoms with Crippen molar-refractivity contribution in [2.75, 3.05) is 64.2 Å². The topological polar surface area (TPSA) is 220 Å². The van der Waals surface area contributed by atoms with Crippen molar-refractivity contribution in [2.24, 2.45) is 11.8 Å². The first-order valence-corrected chi connectivity index (χ1v) is 24.4. The van der Waals surface area contributed by atoms with Crippen LogP contribution in [0.15, 0.2) is 94.8 Å². The second kappa shape index (κ2) is 22.5. The number of aliphatic hydroxyl groups excluding tert-OH is 1. The standard InChI is InChI=1S/C28H31N3O7.C26H27N3O6/c1-35-17-38-23(15-31-25-12-22(36-2)6-7-24(25)29-13-28(31)34)5-3-18-9-27(33)30(14-18)20-4-8-26-19(10-20)11-21(32)16-37-26;1-34-21-5-6-22-23(11-21)29(26(33)12-27-22)14-19(30)4-2-16-8-25(32)28(13-16)18-3-7-24-17(9-18)10-20(31)15-35-24/h4,6-8,10,12-13,18,23H,3,5,9,11,14-17H2,1-2H3;3,5-7,9,11-12,16,19,30H,2,4,8,10,13-15H2,1H3. The summed E-state index contributed by atoms with van der Waals surface area (Å²) < 4.78 is 35.8. The van der Waals surface area contributed by atoms with Gasteiger partial charge in [0.25, 0.3) is 11.1 Å². The molecule has 19 nitrogen and oxygen atoms in total. The first-order valence-electron chi connectivity index (χ1n) is 24.4. The highest BCUT2D eigenvalue weighted by atomic mass is 16.7. The van der Waals surface area contributed by atoms with E-state index in [0.717, 1.165) is 28.9 Å². The van der Waals surface area contributed by atoms with Crippen LogP contribution in [-0.4, -0.2) is 114 Å². The number of nitrogens with zero attached hydrogens (tertiary/aromatic N) is 6. The highest BCUT2D eigenvalue weighted by Crippen LogP contribution is 2.35. The largest absolute Gasteiger partial charge is 0.497 e. The predicted molar refractivity (Wildman–Crippen MR) is 269 cm³/mol. The maximum Gasteiger partial charge on any atom is 0.269 e. The summed E-state index contributed by atoms with van der Waals surface area (Å²) in [6.45, 7) is 1.86. The number of aromatic nitrogens is 4. The van der Waals surface area contributed by atoms with Gasteiger partial charge < -0.3 is 52.5 Å². The van der Waals surface area contributed by atoms with E-state index in [0.29, 0.717) is 110 Å². The third kappa shape index (κ3) is 11.7. The van der Waals surface area contributed by atoms with Crippen molar-refractivity contribution < 1.29 is 52.7 Å². The molecule has 4 atom stereocenters. The van der Waals surface area contributed by atoms with Crippen LogP contribution in [0.3, 0.4) is 0 Å². The van der Waals surface area contributed by atoms with Gasteiger partial charge in [0.1, 0.15) is 43.0 Å². The van der Waals surface area contributed by atoms with Crippen molar-refractivity contribution in [3.05, 3.63) is 117 Å². The summed E-state index contributed by atoms with van der Waals surface area (Å²) in [6.07, 6.45) is 5.47. The van der Waals surface area contributed by atoms with Crippen molar-refractivity contribution in [2.45, 2.75) is 76.7 Å². The Bertz CT molecular complexity index is 3170. The van der Waals surface area contributed by atoms with Gasteiger partial charge in [0.2, 0.25) is 11.8 Å². The zero-order valence-electron chi connectivity index (χ0n) is 41.0. The Hall–Kier alpha value is -7.48. The van der Waals surface area contributed by atoms with Crippen molar-refractivity contribution in [3.63, 3.8) is 0 Å². The van der Waals surface area contributed by atoms with Gasteiger partial charge >= 0.3 is 0 Å². The molecule has 4 unspecified atom stereocenters. The molecule has 4 aliphatic heterocycles. The molecule has 4 aromatic carbocycles. The number of carbonyl (C=O) groups excluding carboxylic acids is 4. The third-order valence-corrected chi connectivity index (χ3v) is 13.8. The normalized spacial score (nSPS) is 18.2. The fourth-order valence-corrected chi connectivity index (χ4v) is 9.98. The molecule has 10 rings (SSSR count). The highest BCUT2D eigenvalue weighted by molar-refractivity contribution is 5.97. The number of anilines is 2. The molecule has 4 aliphatic rings. The van der Waals surface area contributed by atoms with E-state index in [4.69, 9.17) is 28.4 Å². The van der Waals surface area contributed by atoms with Crippen LogP contribution in [0.1, 0.15) is 49.7 Å². The van der Waals surface area contributed by atoms with Gasteiger partial charge in [-0.2, -0.15) is 0 Å². The molecule has 0 aliphatic carbocycles. The smallest absolute Gasteiger partial charge is 0.269 e. The molecule has 1 N–H and O–H groups in total. The van der Waals surface area contributed by atoms with Crippen molar-refractivity contribution in [3.8, 4) is 23.0 Å². The van der Waals surface area contributed by atoms with E-state index >= 15 is 0 Å². The second-order valence-electron chi connectivity index (χ2n) is 18.9. The van der Waals surface area contributed by atoms with Gasteiger partial charge in [-0.15, -0.1) is 0 Å². The van der Waals surface area contributed by atoms with Gasteiger partial charge in [0.05, 0.1) is 74.0 Å². The van der Waals surface area contributed by atoms with E-state index in [-0.39, 0.29) is 79.0 Å². The average Bonchev–Trinajstić information content (AvgIpc) is 3.97. The molecule has 2 amide bonds. The lowest BCUT2D eigenvalue weighted by Gasteiger charge is -2.22. The van der Waals surface area contributed by atoms with E-state index in [2.05, 4.69) is 9.97 Å². The Kier molecular flexibility index (Phi) is 15.6. The molecule has 2 aromatic heterocycles. The van der Waals surface area contributed by atoms with Gasteiger partial charge in [-0.3, -0.25) is 28.8 Å². The second-order valence-corrected chi connectivity index (χ2v) is 18.9. The summed E-state index contributed by atoms with van der Waals surface area (Å²) in [7, 11) is 4.69. The molecule has 73 heavy (non-hydrogen) atoms. The van der Waals surface area contributed by atoms with Crippen molar-refractivity contribution in [1.29, 1.82) is 0 Å². The van der Waals surface area contributed by atoms with Gasteiger partial charge in [-0.05, 0) is 98.2 Å². The summed E-state index contributed by atoms with van der Waals surface area (Å²) in [5.74, 6) is 2.99. The molecule has 2 fully saturated rings. The molecule has 2 saturated heterocycles. The van der Waals surface area contributed by atoms with Crippen LogP contribution < -0.4 is 39.9 Å². The Morgan fingerprint density at radius 2 is 1.12 bits per heavy atom. The Balaban J connectivity index is 0.000000180. The molecule has 6 heterocycles. The molecule has 0 radical (unpaired) electrons. The number of benzene rings is 4. The van der Waals surface area contributed by atoms with E-state index in [9.17, 15) is 33.9 Å². The Morgan fingerprint density at radius 1 is 0.630 bits per heavy atom. The molecule has 0 spiro atoms. The number of ketones is 2. The van der Waals surface area contributed by atoms with E-state index in [1.165, 1.54) is 17.0 Å². The maximum absolute atomic E-state index is 12.9. The van der Waals surface area contributed by atoms with Crippen LogP contribution >= 0.6 is 0 Å². The minimum Gasteiger partial charge on any atom is -0.497 e. The molecule has 0 saturated carbocycles. The summed E-state index contributed by atoms with van der Waals surface area (Å²) in [6, 6.07) is 21.8. The van der Waals surface area contributed by atoms with Crippen LogP contribution in [0, 0.1) is 11.8 Å². The number of carbonyl (C=O) groups is 4. The van der Waals surface area contributed by atoms with Crippen LogP contribution in [0.25, 0.3) is 22.1 Å². The number of hydrogen-bond donors (Lipinski definition) is 1. The number of amides is 2. The van der Waals surface area contributed by atoms with Crippen molar-refractivity contribution in [1.82, 2.24) is 19.1 Å². The van der Waals surface area contributed by atoms with Crippen LogP contribution in [-0.2, 0) is 54.6 Å². The van der Waals surface area contributed by atoms with Crippen LogP contribution in [0.4, 0.5) is 11.4 Å². The number of hydrogen-bond acceptors (Lipinski definition) is 15. The quantitative estimate of drug-likeness (QED) is 0.121. The van der Waals surface area contributed by atoms with E-state index < -0.39 is 6.10 Å². The van der Waals surface area contributed by atoms with Crippen LogP contribution in [0.2, 0.25) is 0 Å². The lowest BCUT2D eigenvalue weighted by atomic mass is 9.99. The lowest BCUT2D eigenvalue weighted by Crippen LogP contribution is -2.30. The van der Waals surface area contributed by atoms with Gasteiger partial charge in [0, 0.05) is 80.5 Å². The van der Waals surface area contributed by atoms with Crippen LogP contribution in [0.5, 0.6) is 23.0 Å². The molecule has 0 bridgehead atoms.